The van der Waals surface area contributed by atoms with Crippen LogP contribution in [0.1, 0.15) is 22.1 Å². The number of aryl methyl sites for hydroxylation is 1. The number of rotatable bonds is 5. The van der Waals surface area contributed by atoms with Crippen molar-refractivity contribution in [2.45, 2.75) is 18.7 Å². The Labute approximate surface area is 139 Å². The second kappa shape index (κ2) is 7.19. The van der Waals surface area contributed by atoms with E-state index in [0.29, 0.717) is 0 Å². The number of hydrogen-bond donors (Lipinski definition) is 0. The summed E-state index contributed by atoms with van der Waals surface area (Å²) in [5, 5.41) is -0.163. The van der Waals surface area contributed by atoms with Crippen LogP contribution >= 0.6 is 27.5 Å². The molecule has 0 heterocycles. The lowest BCUT2D eigenvalue weighted by atomic mass is 10.0. The Morgan fingerprint density at radius 1 is 1.14 bits per heavy atom. The summed E-state index contributed by atoms with van der Waals surface area (Å²) >= 11 is 10.1. The van der Waals surface area contributed by atoms with Gasteiger partial charge in [-0.3, -0.25) is 0 Å². The average Bonchev–Trinajstić information content (AvgIpc) is 2.46. The monoisotopic (exact) mass is 368 g/mol. The zero-order valence-electron chi connectivity index (χ0n) is 12.3. The summed E-state index contributed by atoms with van der Waals surface area (Å²) in [6, 6.07) is 12.2. The minimum absolute atomic E-state index is 0.163. The predicted molar refractivity (Wildman–Crippen MR) is 90.7 cm³/mol. The SMILES string of the molecule is COc1ccc(C(Cl)Cc2cccc(C)c2)c(OC)c1Br. The van der Waals surface area contributed by atoms with Crippen molar-refractivity contribution in [3.05, 3.63) is 57.6 Å². The molecule has 0 aliphatic heterocycles. The molecular weight excluding hydrogens is 352 g/mol. The van der Waals surface area contributed by atoms with Crippen molar-refractivity contribution >= 4 is 27.5 Å². The van der Waals surface area contributed by atoms with Crippen LogP contribution in [0.4, 0.5) is 0 Å². The third-order valence-electron chi connectivity index (χ3n) is 3.35. The zero-order chi connectivity index (χ0) is 15.4. The molecule has 0 amide bonds. The van der Waals surface area contributed by atoms with E-state index in [1.807, 2.05) is 12.1 Å². The molecule has 21 heavy (non-hydrogen) atoms. The molecule has 0 spiro atoms. The molecule has 0 saturated heterocycles. The van der Waals surface area contributed by atoms with E-state index in [2.05, 4.69) is 47.1 Å². The first-order valence-electron chi connectivity index (χ1n) is 6.66. The van der Waals surface area contributed by atoms with E-state index in [0.717, 1.165) is 28.0 Å². The molecule has 0 bridgehead atoms. The van der Waals surface area contributed by atoms with Gasteiger partial charge in [0.1, 0.15) is 16.0 Å². The molecule has 0 aliphatic rings. The van der Waals surface area contributed by atoms with E-state index in [1.165, 1.54) is 11.1 Å². The molecule has 0 aliphatic carbocycles. The fraction of sp³-hybridized carbons (Fsp3) is 0.294. The number of methoxy groups -OCH3 is 2. The maximum Gasteiger partial charge on any atom is 0.141 e. The van der Waals surface area contributed by atoms with Crippen molar-refractivity contribution in [3.63, 3.8) is 0 Å². The van der Waals surface area contributed by atoms with E-state index in [-0.39, 0.29) is 5.38 Å². The molecule has 2 aromatic rings. The van der Waals surface area contributed by atoms with Crippen molar-refractivity contribution in [1.82, 2.24) is 0 Å². The quantitative estimate of drug-likeness (QED) is 0.666. The van der Waals surface area contributed by atoms with Crippen LogP contribution in [-0.2, 0) is 6.42 Å². The van der Waals surface area contributed by atoms with Gasteiger partial charge in [0.05, 0.1) is 19.6 Å². The lowest BCUT2D eigenvalue weighted by Crippen LogP contribution is -2.01. The lowest BCUT2D eigenvalue weighted by molar-refractivity contribution is 0.386. The van der Waals surface area contributed by atoms with Gasteiger partial charge < -0.3 is 9.47 Å². The summed E-state index contributed by atoms with van der Waals surface area (Å²) in [7, 11) is 3.27. The fourth-order valence-electron chi connectivity index (χ4n) is 2.32. The van der Waals surface area contributed by atoms with Crippen LogP contribution in [0.25, 0.3) is 0 Å². The van der Waals surface area contributed by atoms with Gasteiger partial charge in [0, 0.05) is 5.56 Å². The molecule has 0 radical (unpaired) electrons. The molecule has 112 valence electrons. The number of hydrogen-bond acceptors (Lipinski definition) is 2. The highest BCUT2D eigenvalue weighted by atomic mass is 79.9. The molecule has 2 aromatic carbocycles. The van der Waals surface area contributed by atoms with Gasteiger partial charge in [0.15, 0.2) is 0 Å². The van der Waals surface area contributed by atoms with Crippen molar-refractivity contribution in [3.8, 4) is 11.5 Å². The summed E-state index contributed by atoms with van der Waals surface area (Å²) in [6.45, 7) is 2.08. The third-order valence-corrected chi connectivity index (χ3v) is 4.49. The van der Waals surface area contributed by atoms with E-state index >= 15 is 0 Å². The van der Waals surface area contributed by atoms with Gasteiger partial charge in [-0.05, 0) is 40.9 Å². The van der Waals surface area contributed by atoms with Gasteiger partial charge in [-0.1, -0.05) is 35.9 Å². The van der Waals surface area contributed by atoms with Crippen LogP contribution < -0.4 is 9.47 Å². The van der Waals surface area contributed by atoms with Gasteiger partial charge >= 0.3 is 0 Å². The van der Waals surface area contributed by atoms with E-state index in [9.17, 15) is 0 Å². The number of benzene rings is 2. The first-order chi connectivity index (χ1) is 10.1. The topological polar surface area (TPSA) is 18.5 Å². The number of alkyl halides is 1. The van der Waals surface area contributed by atoms with Crippen molar-refractivity contribution < 1.29 is 9.47 Å². The molecule has 2 nitrogen and oxygen atoms in total. The predicted octanol–water partition coefficient (Wildman–Crippen LogP) is 5.30. The second-order valence-corrected chi connectivity index (χ2v) is 6.18. The molecule has 0 fully saturated rings. The summed E-state index contributed by atoms with van der Waals surface area (Å²) < 4.78 is 11.6. The van der Waals surface area contributed by atoms with Gasteiger partial charge in [-0.15, -0.1) is 11.6 Å². The molecule has 1 atom stereocenters. The Morgan fingerprint density at radius 2 is 1.90 bits per heavy atom. The molecule has 1 unspecified atom stereocenters. The van der Waals surface area contributed by atoms with Crippen LogP contribution in [0.15, 0.2) is 40.9 Å². The smallest absolute Gasteiger partial charge is 0.141 e. The molecule has 2 rings (SSSR count). The van der Waals surface area contributed by atoms with Gasteiger partial charge in [0.25, 0.3) is 0 Å². The van der Waals surface area contributed by atoms with Crippen LogP contribution in [0.3, 0.4) is 0 Å². The Morgan fingerprint density at radius 3 is 2.52 bits per heavy atom. The Bertz CT molecular complexity index is 628. The summed E-state index contributed by atoms with van der Waals surface area (Å²) in [5.74, 6) is 1.46. The number of halogens is 2. The zero-order valence-corrected chi connectivity index (χ0v) is 14.7. The molecule has 4 heteroatoms. The Kier molecular flexibility index (Phi) is 5.54. The van der Waals surface area contributed by atoms with Crippen molar-refractivity contribution in [1.29, 1.82) is 0 Å². The summed E-state index contributed by atoms with van der Waals surface area (Å²) in [4.78, 5) is 0. The average molecular weight is 370 g/mol. The highest BCUT2D eigenvalue weighted by Crippen LogP contribution is 2.42. The standard InChI is InChI=1S/C17H18BrClO2/c1-11-5-4-6-12(9-11)10-14(19)13-7-8-15(20-2)16(18)17(13)21-3/h4-9,14H,10H2,1-3H3. The maximum atomic E-state index is 6.60. The summed E-state index contributed by atoms with van der Waals surface area (Å²) in [5.41, 5.74) is 3.40. The largest absolute Gasteiger partial charge is 0.495 e. The van der Waals surface area contributed by atoms with Crippen LogP contribution in [0.2, 0.25) is 0 Å². The maximum absolute atomic E-state index is 6.60. The van der Waals surface area contributed by atoms with Gasteiger partial charge in [0.2, 0.25) is 0 Å². The third kappa shape index (κ3) is 3.72. The highest BCUT2D eigenvalue weighted by Gasteiger charge is 2.19. The van der Waals surface area contributed by atoms with E-state index < -0.39 is 0 Å². The normalized spacial score (nSPS) is 12.0. The molecule has 0 aromatic heterocycles. The van der Waals surface area contributed by atoms with Crippen molar-refractivity contribution in [2.75, 3.05) is 14.2 Å². The van der Waals surface area contributed by atoms with Crippen LogP contribution in [-0.4, -0.2) is 14.2 Å². The number of ether oxygens (including phenoxy) is 2. The van der Waals surface area contributed by atoms with Crippen LogP contribution in [0, 0.1) is 6.92 Å². The first-order valence-corrected chi connectivity index (χ1v) is 7.89. The lowest BCUT2D eigenvalue weighted by Gasteiger charge is -2.17. The molecule has 0 N–H and O–H groups in total. The first kappa shape index (κ1) is 16.2. The molecule has 0 saturated carbocycles. The molecular formula is C17H18BrClO2. The highest BCUT2D eigenvalue weighted by molar-refractivity contribution is 9.10. The minimum Gasteiger partial charge on any atom is -0.495 e. The van der Waals surface area contributed by atoms with Gasteiger partial charge in [-0.25, -0.2) is 0 Å². The second-order valence-electron chi connectivity index (χ2n) is 4.86. The Balaban J connectivity index is 2.30. The Hall–Kier alpha value is -1.19. The minimum atomic E-state index is -0.163. The van der Waals surface area contributed by atoms with Gasteiger partial charge in [-0.2, -0.15) is 0 Å². The van der Waals surface area contributed by atoms with Crippen molar-refractivity contribution in [2.24, 2.45) is 0 Å². The van der Waals surface area contributed by atoms with Crippen LogP contribution in [0.5, 0.6) is 11.5 Å². The van der Waals surface area contributed by atoms with E-state index in [1.54, 1.807) is 14.2 Å². The van der Waals surface area contributed by atoms with E-state index in [4.69, 9.17) is 21.1 Å². The fourth-order valence-corrected chi connectivity index (χ4v) is 3.36. The summed E-state index contributed by atoms with van der Waals surface area (Å²) in [6.07, 6.45) is 0.748.